The van der Waals surface area contributed by atoms with Gasteiger partial charge in [0.05, 0.1) is 24.6 Å². The Hall–Kier alpha value is -2.21. The standard InChI is InChI=1S/C17H19N5S/c1-12-8-13(2)22(20-12)17-10-18-9-16(19-17)21(14-5-6-14)11-15-4-3-7-23-15/h3-4,7-10,14H,5-6,11H2,1-2H3. The van der Waals surface area contributed by atoms with E-state index in [1.54, 1.807) is 17.5 Å². The second-order valence-corrected chi connectivity index (χ2v) is 7.05. The van der Waals surface area contributed by atoms with Crippen molar-refractivity contribution in [2.24, 2.45) is 0 Å². The number of aromatic nitrogens is 4. The van der Waals surface area contributed by atoms with Gasteiger partial charge in [-0.3, -0.25) is 4.98 Å². The van der Waals surface area contributed by atoms with Gasteiger partial charge in [0.25, 0.3) is 0 Å². The fourth-order valence-corrected chi connectivity index (χ4v) is 3.50. The molecule has 0 aliphatic heterocycles. The van der Waals surface area contributed by atoms with Gasteiger partial charge in [0.2, 0.25) is 0 Å². The van der Waals surface area contributed by atoms with E-state index in [1.165, 1.54) is 17.7 Å². The zero-order valence-corrected chi connectivity index (χ0v) is 14.1. The van der Waals surface area contributed by atoms with Crippen molar-refractivity contribution in [3.8, 4) is 5.82 Å². The highest BCUT2D eigenvalue weighted by molar-refractivity contribution is 7.09. The lowest BCUT2D eigenvalue weighted by molar-refractivity contribution is 0.756. The highest BCUT2D eigenvalue weighted by atomic mass is 32.1. The summed E-state index contributed by atoms with van der Waals surface area (Å²) in [6, 6.07) is 6.92. The summed E-state index contributed by atoms with van der Waals surface area (Å²) in [7, 11) is 0. The summed E-state index contributed by atoms with van der Waals surface area (Å²) in [5.74, 6) is 1.72. The van der Waals surface area contributed by atoms with Crippen LogP contribution in [-0.2, 0) is 6.54 Å². The van der Waals surface area contributed by atoms with Gasteiger partial charge in [0.1, 0.15) is 5.82 Å². The fraction of sp³-hybridized carbons (Fsp3) is 0.353. The van der Waals surface area contributed by atoms with Gasteiger partial charge in [-0.1, -0.05) is 6.07 Å². The van der Waals surface area contributed by atoms with Crippen LogP contribution in [0.3, 0.4) is 0 Å². The molecule has 1 aliphatic rings. The van der Waals surface area contributed by atoms with Crippen molar-refractivity contribution < 1.29 is 0 Å². The second kappa shape index (κ2) is 5.77. The molecule has 0 N–H and O–H groups in total. The lowest BCUT2D eigenvalue weighted by Gasteiger charge is -2.23. The van der Waals surface area contributed by atoms with E-state index < -0.39 is 0 Å². The first-order valence-corrected chi connectivity index (χ1v) is 8.73. The van der Waals surface area contributed by atoms with Gasteiger partial charge < -0.3 is 4.90 Å². The molecule has 1 fully saturated rings. The lowest BCUT2D eigenvalue weighted by Crippen LogP contribution is -2.26. The van der Waals surface area contributed by atoms with Gasteiger partial charge in [0.15, 0.2) is 5.82 Å². The van der Waals surface area contributed by atoms with E-state index >= 15 is 0 Å². The van der Waals surface area contributed by atoms with Crippen molar-refractivity contribution in [3.63, 3.8) is 0 Å². The number of aryl methyl sites for hydroxylation is 2. The quantitative estimate of drug-likeness (QED) is 0.720. The summed E-state index contributed by atoms with van der Waals surface area (Å²) in [4.78, 5) is 13.0. The Morgan fingerprint density at radius 2 is 2.17 bits per heavy atom. The molecule has 0 aromatic carbocycles. The summed E-state index contributed by atoms with van der Waals surface area (Å²) < 4.78 is 1.86. The van der Waals surface area contributed by atoms with Crippen molar-refractivity contribution in [2.45, 2.75) is 39.3 Å². The Bertz CT molecular complexity index is 804. The third kappa shape index (κ3) is 2.99. The van der Waals surface area contributed by atoms with Crippen LogP contribution in [-0.4, -0.2) is 25.8 Å². The Balaban J connectivity index is 1.67. The normalized spacial score (nSPS) is 14.2. The molecule has 23 heavy (non-hydrogen) atoms. The number of hydrogen-bond donors (Lipinski definition) is 0. The predicted molar refractivity (Wildman–Crippen MR) is 92.2 cm³/mol. The van der Waals surface area contributed by atoms with E-state index in [0.29, 0.717) is 6.04 Å². The van der Waals surface area contributed by atoms with Crippen molar-refractivity contribution in [2.75, 3.05) is 4.90 Å². The smallest absolute Gasteiger partial charge is 0.174 e. The maximum absolute atomic E-state index is 4.83. The van der Waals surface area contributed by atoms with Crippen LogP contribution in [0.5, 0.6) is 0 Å². The third-order valence-corrected chi connectivity index (χ3v) is 4.89. The van der Waals surface area contributed by atoms with E-state index in [-0.39, 0.29) is 0 Å². The zero-order chi connectivity index (χ0) is 15.8. The van der Waals surface area contributed by atoms with E-state index in [2.05, 4.69) is 38.6 Å². The van der Waals surface area contributed by atoms with Crippen LogP contribution >= 0.6 is 11.3 Å². The van der Waals surface area contributed by atoms with Gasteiger partial charge >= 0.3 is 0 Å². The van der Waals surface area contributed by atoms with Crippen molar-refractivity contribution in [3.05, 3.63) is 52.2 Å². The lowest BCUT2D eigenvalue weighted by atomic mass is 10.4. The van der Waals surface area contributed by atoms with Crippen molar-refractivity contribution in [1.82, 2.24) is 19.7 Å². The van der Waals surface area contributed by atoms with E-state index in [0.717, 1.165) is 29.6 Å². The van der Waals surface area contributed by atoms with Crippen molar-refractivity contribution >= 4 is 17.2 Å². The molecule has 6 heteroatoms. The van der Waals surface area contributed by atoms with Crippen LogP contribution in [0.25, 0.3) is 5.82 Å². The van der Waals surface area contributed by atoms with Gasteiger partial charge in [-0.25, -0.2) is 9.67 Å². The molecule has 1 saturated carbocycles. The molecule has 3 aromatic heterocycles. The molecule has 0 bridgehead atoms. The largest absolute Gasteiger partial charge is 0.347 e. The summed E-state index contributed by atoms with van der Waals surface area (Å²) >= 11 is 1.79. The number of thiophene rings is 1. The number of rotatable bonds is 5. The SMILES string of the molecule is Cc1cc(C)n(-c2cncc(N(Cc3cccs3)C3CC3)n2)n1. The average Bonchev–Trinajstić information content (AvgIpc) is 3.14. The monoisotopic (exact) mass is 325 g/mol. The first kappa shape index (κ1) is 14.4. The molecule has 3 aromatic rings. The van der Waals surface area contributed by atoms with Crippen molar-refractivity contribution in [1.29, 1.82) is 0 Å². The van der Waals surface area contributed by atoms with E-state index in [1.807, 2.05) is 24.7 Å². The Morgan fingerprint density at radius 1 is 1.30 bits per heavy atom. The van der Waals surface area contributed by atoms with Crippen LogP contribution in [0.4, 0.5) is 5.82 Å². The first-order chi connectivity index (χ1) is 11.2. The number of anilines is 1. The van der Waals surface area contributed by atoms with Crippen LogP contribution in [0.15, 0.2) is 36.0 Å². The topological polar surface area (TPSA) is 46.8 Å². The third-order valence-electron chi connectivity index (χ3n) is 4.02. The predicted octanol–water partition coefficient (Wildman–Crippen LogP) is 3.51. The Labute approximate surface area is 139 Å². The first-order valence-electron chi connectivity index (χ1n) is 7.85. The summed E-state index contributed by atoms with van der Waals surface area (Å²) in [5, 5.41) is 6.64. The molecule has 0 unspecified atom stereocenters. The summed E-state index contributed by atoms with van der Waals surface area (Å²) in [6.07, 6.45) is 6.11. The number of hydrogen-bond acceptors (Lipinski definition) is 5. The molecule has 0 radical (unpaired) electrons. The minimum Gasteiger partial charge on any atom is -0.347 e. The highest BCUT2D eigenvalue weighted by Gasteiger charge is 2.30. The highest BCUT2D eigenvalue weighted by Crippen LogP contribution is 2.32. The maximum atomic E-state index is 4.83. The van der Waals surface area contributed by atoms with Gasteiger partial charge in [-0.05, 0) is 44.2 Å². The average molecular weight is 325 g/mol. The molecule has 3 heterocycles. The second-order valence-electron chi connectivity index (χ2n) is 6.01. The molecule has 0 saturated heterocycles. The van der Waals surface area contributed by atoms with Gasteiger partial charge in [-0.15, -0.1) is 11.3 Å². The molecule has 0 spiro atoms. The van der Waals surface area contributed by atoms with Gasteiger partial charge in [-0.2, -0.15) is 5.10 Å². The molecular weight excluding hydrogens is 306 g/mol. The Morgan fingerprint density at radius 3 is 2.83 bits per heavy atom. The molecule has 4 rings (SSSR count). The Kier molecular flexibility index (Phi) is 3.61. The minimum atomic E-state index is 0.585. The van der Waals surface area contributed by atoms with E-state index in [4.69, 9.17) is 4.98 Å². The van der Waals surface area contributed by atoms with Crippen LogP contribution in [0, 0.1) is 13.8 Å². The zero-order valence-electron chi connectivity index (χ0n) is 13.3. The molecule has 5 nitrogen and oxygen atoms in total. The number of nitrogens with zero attached hydrogens (tertiary/aromatic N) is 5. The van der Waals surface area contributed by atoms with E-state index in [9.17, 15) is 0 Å². The van der Waals surface area contributed by atoms with Gasteiger partial charge in [0, 0.05) is 16.6 Å². The molecule has 1 aliphatic carbocycles. The molecule has 118 valence electrons. The van der Waals surface area contributed by atoms with Crippen LogP contribution in [0.1, 0.15) is 29.1 Å². The molecule has 0 atom stereocenters. The summed E-state index contributed by atoms with van der Waals surface area (Å²) in [5.41, 5.74) is 2.07. The minimum absolute atomic E-state index is 0.585. The van der Waals surface area contributed by atoms with Crippen LogP contribution < -0.4 is 4.90 Å². The molecule has 0 amide bonds. The van der Waals surface area contributed by atoms with Crippen LogP contribution in [0.2, 0.25) is 0 Å². The molecular formula is C17H19N5S. The summed E-state index contributed by atoms with van der Waals surface area (Å²) in [6.45, 7) is 4.93. The maximum Gasteiger partial charge on any atom is 0.174 e. The fourth-order valence-electron chi connectivity index (χ4n) is 2.80.